The second-order valence-electron chi connectivity index (χ2n) is 4.83. The Balaban J connectivity index is 2.55. The molecule has 1 amide bonds. The Morgan fingerprint density at radius 3 is 2.43 bits per heavy atom. The second kappa shape index (κ2) is 4.81. The zero-order chi connectivity index (χ0) is 10.7. The van der Waals surface area contributed by atoms with E-state index in [0.29, 0.717) is 17.9 Å². The van der Waals surface area contributed by atoms with Crippen LogP contribution in [0.1, 0.15) is 47.0 Å². The fourth-order valence-electron chi connectivity index (χ4n) is 2.44. The molecule has 2 heteroatoms. The van der Waals surface area contributed by atoms with Crippen molar-refractivity contribution in [3.8, 4) is 0 Å². The van der Waals surface area contributed by atoms with Crippen LogP contribution in [0.2, 0.25) is 0 Å². The van der Waals surface area contributed by atoms with Crippen molar-refractivity contribution in [2.75, 3.05) is 6.54 Å². The highest BCUT2D eigenvalue weighted by Gasteiger charge is 2.30. The Morgan fingerprint density at radius 2 is 2.07 bits per heavy atom. The monoisotopic (exact) mass is 197 g/mol. The van der Waals surface area contributed by atoms with E-state index in [-0.39, 0.29) is 0 Å². The molecule has 2 nitrogen and oxygen atoms in total. The first kappa shape index (κ1) is 11.5. The maximum Gasteiger partial charge on any atom is 0.225 e. The minimum atomic E-state index is 0.312. The summed E-state index contributed by atoms with van der Waals surface area (Å²) in [5, 5.41) is 0. The molecule has 0 heterocycles. The molecule has 0 aliphatic heterocycles. The lowest BCUT2D eigenvalue weighted by molar-refractivity contribution is -0.136. The van der Waals surface area contributed by atoms with E-state index >= 15 is 0 Å². The van der Waals surface area contributed by atoms with Gasteiger partial charge < -0.3 is 4.90 Å². The maximum atomic E-state index is 12.1. The van der Waals surface area contributed by atoms with Crippen molar-refractivity contribution >= 4 is 5.91 Å². The van der Waals surface area contributed by atoms with E-state index < -0.39 is 0 Å². The van der Waals surface area contributed by atoms with Crippen molar-refractivity contribution in [1.82, 2.24) is 4.90 Å². The number of amides is 1. The van der Waals surface area contributed by atoms with Gasteiger partial charge in [0.2, 0.25) is 5.91 Å². The summed E-state index contributed by atoms with van der Waals surface area (Å²) >= 11 is 0. The van der Waals surface area contributed by atoms with E-state index in [0.717, 1.165) is 25.3 Å². The number of nitrogens with zero attached hydrogens (tertiary/aromatic N) is 1. The first-order valence-electron chi connectivity index (χ1n) is 5.86. The fraction of sp³-hybridized carbons (Fsp3) is 0.917. The highest BCUT2D eigenvalue weighted by molar-refractivity contribution is 5.79. The molecule has 0 bridgehead atoms. The molecule has 0 radical (unpaired) electrons. The molecule has 14 heavy (non-hydrogen) atoms. The van der Waals surface area contributed by atoms with E-state index in [2.05, 4.69) is 27.7 Å². The molecule has 1 aliphatic rings. The molecule has 1 rings (SSSR count). The Bertz CT molecular complexity index is 200. The SMILES string of the molecule is CCN(C(=O)C1CC[C@@H](C)C1)C(C)C. The topological polar surface area (TPSA) is 20.3 Å². The Hall–Kier alpha value is -0.530. The van der Waals surface area contributed by atoms with Crippen molar-refractivity contribution in [3.05, 3.63) is 0 Å². The third-order valence-corrected chi connectivity index (χ3v) is 3.29. The van der Waals surface area contributed by atoms with Gasteiger partial charge in [0, 0.05) is 18.5 Å². The molecule has 0 spiro atoms. The molecule has 1 saturated carbocycles. The summed E-state index contributed by atoms with van der Waals surface area (Å²) in [6, 6.07) is 0.350. The van der Waals surface area contributed by atoms with Crippen LogP contribution in [0, 0.1) is 11.8 Å². The predicted molar refractivity (Wildman–Crippen MR) is 59.0 cm³/mol. The first-order valence-corrected chi connectivity index (χ1v) is 5.86. The zero-order valence-corrected chi connectivity index (χ0v) is 9.92. The molecular weight excluding hydrogens is 174 g/mol. The molecule has 0 aromatic rings. The number of carbonyl (C=O) groups excluding carboxylic acids is 1. The summed E-state index contributed by atoms with van der Waals surface area (Å²) in [6.45, 7) is 9.36. The van der Waals surface area contributed by atoms with Gasteiger partial charge in [0.25, 0.3) is 0 Å². The van der Waals surface area contributed by atoms with Gasteiger partial charge in [-0.25, -0.2) is 0 Å². The zero-order valence-electron chi connectivity index (χ0n) is 9.92. The van der Waals surface area contributed by atoms with Gasteiger partial charge in [-0.2, -0.15) is 0 Å². The lowest BCUT2D eigenvalue weighted by Crippen LogP contribution is -2.40. The van der Waals surface area contributed by atoms with Gasteiger partial charge in [0.1, 0.15) is 0 Å². The summed E-state index contributed by atoms with van der Waals surface area (Å²) in [7, 11) is 0. The molecule has 0 aromatic carbocycles. The summed E-state index contributed by atoms with van der Waals surface area (Å²) in [6.07, 6.45) is 3.43. The molecule has 0 N–H and O–H groups in total. The van der Waals surface area contributed by atoms with Crippen LogP contribution in [0.25, 0.3) is 0 Å². The Labute approximate surface area is 87.7 Å². The number of rotatable bonds is 3. The van der Waals surface area contributed by atoms with Crippen LogP contribution in [-0.4, -0.2) is 23.4 Å². The van der Waals surface area contributed by atoms with Crippen LogP contribution in [0.3, 0.4) is 0 Å². The fourth-order valence-corrected chi connectivity index (χ4v) is 2.44. The normalized spacial score (nSPS) is 26.9. The molecular formula is C12H23NO. The first-order chi connectivity index (χ1) is 6.56. The van der Waals surface area contributed by atoms with E-state index in [4.69, 9.17) is 0 Å². The number of hydrogen-bond donors (Lipinski definition) is 0. The van der Waals surface area contributed by atoms with Gasteiger partial charge in [0.05, 0.1) is 0 Å². The number of carbonyl (C=O) groups is 1. The third kappa shape index (κ3) is 2.49. The van der Waals surface area contributed by atoms with Crippen LogP contribution in [0.15, 0.2) is 0 Å². The summed E-state index contributed by atoms with van der Waals surface area (Å²) in [4.78, 5) is 14.1. The van der Waals surface area contributed by atoms with Crippen LogP contribution in [-0.2, 0) is 4.79 Å². The van der Waals surface area contributed by atoms with Crippen molar-refractivity contribution in [2.24, 2.45) is 11.8 Å². The van der Waals surface area contributed by atoms with Gasteiger partial charge in [-0.15, -0.1) is 0 Å². The van der Waals surface area contributed by atoms with Crippen molar-refractivity contribution < 1.29 is 4.79 Å². The Kier molecular flexibility index (Phi) is 3.97. The summed E-state index contributed by atoms with van der Waals surface area (Å²) in [5.41, 5.74) is 0. The minimum Gasteiger partial charge on any atom is -0.340 e. The molecule has 0 saturated heterocycles. The predicted octanol–water partition coefficient (Wildman–Crippen LogP) is 2.68. The summed E-state index contributed by atoms with van der Waals surface area (Å²) < 4.78 is 0. The number of hydrogen-bond acceptors (Lipinski definition) is 1. The van der Waals surface area contributed by atoms with Crippen LogP contribution in [0.4, 0.5) is 0 Å². The molecule has 82 valence electrons. The average Bonchev–Trinajstić information content (AvgIpc) is 2.52. The third-order valence-electron chi connectivity index (χ3n) is 3.29. The van der Waals surface area contributed by atoms with Gasteiger partial charge in [-0.1, -0.05) is 6.92 Å². The lowest BCUT2D eigenvalue weighted by Gasteiger charge is -2.28. The maximum absolute atomic E-state index is 12.1. The second-order valence-corrected chi connectivity index (χ2v) is 4.83. The minimum absolute atomic E-state index is 0.312. The smallest absolute Gasteiger partial charge is 0.225 e. The Morgan fingerprint density at radius 1 is 1.43 bits per heavy atom. The highest BCUT2D eigenvalue weighted by atomic mass is 16.2. The van der Waals surface area contributed by atoms with Crippen molar-refractivity contribution in [2.45, 2.75) is 53.0 Å². The van der Waals surface area contributed by atoms with Crippen molar-refractivity contribution in [3.63, 3.8) is 0 Å². The largest absolute Gasteiger partial charge is 0.340 e. The van der Waals surface area contributed by atoms with Gasteiger partial charge in [-0.05, 0) is 46.0 Å². The van der Waals surface area contributed by atoms with Gasteiger partial charge in [-0.3, -0.25) is 4.79 Å². The molecule has 0 aromatic heterocycles. The van der Waals surface area contributed by atoms with Crippen LogP contribution >= 0.6 is 0 Å². The van der Waals surface area contributed by atoms with E-state index in [1.807, 2.05) is 4.90 Å². The van der Waals surface area contributed by atoms with E-state index in [1.165, 1.54) is 6.42 Å². The van der Waals surface area contributed by atoms with Gasteiger partial charge >= 0.3 is 0 Å². The van der Waals surface area contributed by atoms with Crippen molar-refractivity contribution in [1.29, 1.82) is 0 Å². The van der Waals surface area contributed by atoms with Crippen LogP contribution in [0.5, 0.6) is 0 Å². The molecule has 1 unspecified atom stereocenters. The molecule has 2 atom stereocenters. The van der Waals surface area contributed by atoms with E-state index in [1.54, 1.807) is 0 Å². The van der Waals surface area contributed by atoms with E-state index in [9.17, 15) is 4.79 Å². The summed E-state index contributed by atoms with van der Waals surface area (Å²) in [5.74, 6) is 1.44. The van der Waals surface area contributed by atoms with Gasteiger partial charge in [0.15, 0.2) is 0 Å². The quantitative estimate of drug-likeness (QED) is 0.681. The molecule has 1 aliphatic carbocycles. The van der Waals surface area contributed by atoms with Crippen LogP contribution < -0.4 is 0 Å². The average molecular weight is 197 g/mol. The highest BCUT2D eigenvalue weighted by Crippen LogP contribution is 2.31. The lowest BCUT2D eigenvalue weighted by atomic mass is 10.0. The standard InChI is InChI=1S/C12H23NO/c1-5-13(9(2)3)12(14)11-7-6-10(4)8-11/h9-11H,5-8H2,1-4H3/t10-,11?/m1/s1. The molecule has 1 fully saturated rings.